The van der Waals surface area contributed by atoms with Gasteiger partial charge in [0.1, 0.15) is 5.75 Å². The first-order valence-corrected chi connectivity index (χ1v) is 8.02. The molecule has 0 radical (unpaired) electrons. The molecule has 26 heavy (non-hydrogen) atoms. The van der Waals surface area contributed by atoms with E-state index in [1.54, 1.807) is 33.0 Å². The van der Waals surface area contributed by atoms with Gasteiger partial charge < -0.3 is 15.4 Å². The molecule has 0 saturated heterocycles. The summed E-state index contributed by atoms with van der Waals surface area (Å²) in [6.45, 7) is 8.05. The van der Waals surface area contributed by atoms with Crippen LogP contribution in [0, 0.1) is 19.3 Å². The zero-order valence-corrected chi connectivity index (χ0v) is 16.8. The number of benzene rings is 1. The van der Waals surface area contributed by atoms with E-state index in [1.807, 2.05) is 20.8 Å². The Balaban J connectivity index is 0.00000625. The number of hydrogen-bond donors (Lipinski definition) is 1. The summed E-state index contributed by atoms with van der Waals surface area (Å²) >= 11 is 0. The minimum absolute atomic E-state index is 0. The Hall–Kier alpha value is -1.47. The molecular weight excluding hydrogens is 369 g/mol. The molecule has 0 fully saturated rings. The number of aryl methyl sites for hydroxylation is 2. The molecule has 0 heterocycles. The standard InChI is InChI=1S/C18H27F3N2O2.ClH/c1-11-7-13(8-12(2)14(11)25-10-18(19,20)21)9-23(6)16(24)15(22)17(3,4)5;/h7-8,15H,9-10,22H2,1-6H3;1H/t15-;/m1./s1. The molecule has 0 unspecified atom stereocenters. The molecule has 1 atom stereocenters. The minimum Gasteiger partial charge on any atom is -0.484 e. The summed E-state index contributed by atoms with van der Waals surface area (Å²) in [5.41, 5.74) is 7.65. The summed E-state index contributed by atoms with van der Waals surface area (Å²) in [6.07, 6.45) is -4.38. The quantitative estimate of drug-likeness (QED) is 0.818. The topological polar surface area (TPSA) is 55.6 Å². The largest absolute Gasteiger partial charge is 0.484 e. The van der Waals surface area contributed by atoms with E-state index in [0.29, 0.717) is 17.7 Å². The average Bonchev–Trinajstić information content (AvgIpc) is 2.42. The van der Waals surface area contributed by atoms with Crippen molar-refractivity contribution in [3.8, 4) is 5.75 Å². The molecule has 8 heteroatoms. The van der Waals surface area contributed by atoms with Crippen LogP contribution in [0.1, 0.15) is 37.5 Å². The van der Waals surface area contributed by atoms with Crippen molar-refractivity contribution in [3.63, 3.8) is 0 Å². The minimum atomic E-state index is -4.38. The number of nitrogens with zero attached hydrogens (tertiary/aromatic N) is 1. The summed E-state index contributed by atoms with van der Waals surface area (Å²) in [5.74, 6) is 0.0432. The second kappa shape index (κ2) is 8.95. The smallest absolute Gasteiger partial charge is 0.422 e. The van der Waals surface area contributed by atoms with Crippen LogP contribution in [-0.4, -0.2) is 36.7 Å². The van der Waals surface area contributed by atoms with Crippen LogP contribution in [0.4, 0.5) is 13.2 Å². The Morgan fingerprint density at radius 1 is 1.19 bits per heavy atom. The molecule has 0 aliphatic carbocycles. The van der Waals surface area contributed by atoms with Gasteiger partial charge in [-0.1, -0.05) is 32.9 Å². The molecule has 0 aliphatic heterocycles. The van der Waals surface area contributed by atoms with Gasteiger partial charge in [-0.15, -0.1) is 12.4 Å². The van der Waals surface area contributed by atoms with Crippen molar-refractivity contribution in [2.45, 2.75) is 53.4 Å². The lowest BCUT2D eigenvalue weighted by Gasteiger charge is -2.30. The second-order valence-electron chi connectivity index (χ2n) is 7.50. The van der Waals surface area contributed by atoms with Crippen molar-refractivity contribution in [2.75, 3.05) is 13.7 Å². The zero-order chi connectivity index (χ0) is 19.6. The molecular formula is C18H28ClF3N2O2. The van der Waals surface area contributed by atoms with E-state index in [4.69, 9.17) is 10.5 Å². The number of carbonyl (C=O) groups excluding carboxylic acids is 1. The number of alkyl halides is 3. The lowest BCUT2D eigenvalue weighted by Crippen LogP contribution is -2.48. The fourth-order valence-electron chi connectivity index (χ4n) is 2.47. The third-order valence-corrected chi connectivity index (χ3v) is 3.90. The van der Waals surface area contributed by atoms with Crippen LogP contribution in [0.15, 0.2) is 12.1 Å². The van der Waals surface area contributed by atoms with Crippen molar-refractivity contribution in [2.24, 2.45) is 11.1 Å². The van der Waals surface area contributed by atoms with Crippen molar-refractivity contribution in [1.82, 2.24) is 4.90 Å². The van der Waals surface area contributed by atoms with Gasteiger partial charge in [0.05, 0.1) is 6.04 Å². The Kier molecular flexibility index (Phi) is 8.44. The van der Waals surface area contributed by atoms with E-state index in [2.05, 4.69) is 0 Å². The zero-order valence-electron chi connectivity index (χ0n) is 16.0. The maximum atomic E-state index is 12.4. The van der Waals surface area contributed by atoms with Gasteiger partial charge in [0.2, 0.25) is 5.91 Å². The Morgan fingerprint density at radius 2 is 1.65 bits per heavy atom. The average molecular weight is 397 g/mol. The third-order valence-electron chi connectivity index (χ3n) is 3.90. The monoisotopic (exact) mass is 396 g/mol. The van der Waals surface area contributed by atoms with E-state index in [-0.39, 0.29) is 29.5 Å². The van der Waals surface area contributed by atoms with Crippen molar-refractivity contribution < 1.29 is 22.7 Å². The molecule has 150 valence electrons. The highest BCUT2D eigenvalue weighted by Crippen LogP contribution is 2.28. The van der Waals surface area contributed by atoms with Gasteiger partial charge in [-0.25, -0.2) is 0 Å². The number of hydrogen-bond acceptors (Lipinski definition) is 3. The van der Waals surface area contributed by atoms with Crippen molar-refractivity contribution >= 4 is 18.3 Å². The highest BCUT2D eigenvalue weighted by molar-refractivity contribution is 5.85. The number of ether oxygens (including phenoxy) is 1. The first-order chi connectivity index (χ1) is 11.2. The molecule has 0 saturated carbocycles. The number of rotatable bonds is 5. The summed E-state index contributed by atoms with van der Waals surface area (Å²) in [6, 6.07) is 2.82. The van der Waals surface area contributed by atoms with Crippen molar-refractivity contribution in [3.05, 3.63) is 28.8 Å². The maximum absolute atomic E-state index is 12.4. The van der Waals surface area contributed by atoms with Crippen LogP contribution in [0.2, 0.25) is 0 Å². The van der Waals surface area contributed by atoms with Crippen LogP contribution in [-0.2, 0) is 11.3 Å². The molecule has 1 rings (SSSR count). The number of amides is 1. The summed E-state index contributed by atoms with van der Waals surface area (Å²) in [4.78, 5) is 13.9. The molecule has 1 aromatic carbocycles. The van der Waals surface area contributed by atoms with Gasteiger partial charge in [0.15, 0.2) is 6.61 Å². The van der Waals surface area contributed by atoms with E-state index in [0.717, 1.165) is 5.56 Å². The maximum Gasteiger partial charge on any atom is 0.422 e. The van der Waals surface area contributed by atoms with Gasteiger partial charge in [-0.2, -0.15) is 13.2 Å². The van der Waals surface area contributed by atoms with Crippen molar-refractivity contribution in [1.29, 1.82) is 0 Å². The molecule has 0 aromatic heterocycles. The molecule has 1 amide bonds. The van der Waals surface area contributed by atoms with Gasteiger partial charge in [-0.05, 0) is 36.0 Å². The fourth-order valence-corrected chi connectivity index (χ4v) is 2.47. The molecule has 0 bridgehead atoms. The van der Waals surface area contributed by atoms with E-state index >= 15 is 0 Å². The normalized spacial score (nSPS) is 13.0. The number of carbonyl (C=O) groups is 1. The van der Waals surface area contributed by atoms with E-state index in [1.165, 1.54) is 4.90 Å². The first-order valence-electron chi connectivity index (χ1n) is 8.02. The second-order valence-corrected chi connectivity index (χ2v) is 7.50. The molecule has 0 spiro atoms. The van der Waals surface area contributed by atoms with Crippen LogP contribution < -0.4 is 10.5 Å². The molecule has 0 aliphatic rings. The van der Waals surface area contributed by atoms with Gasteiger partial charge in [0, 0.05) is 13.6 Å². The number of likely N-dealkylation sites (N-methyl/N-ethyl adjacent to an activating group) is 1. The number of nitrogens with two attached hydrogens (primary N) is 1. The van der Waals surface area contributed by atoms with Crippen LogP contribution in [0.25, 0.3) is 0 Å². The van der Waals surface area contributed by atoms with Crippen LogP contribution in [0.3, 0.4) is 0 Å². The predicted molar refractivity (Wildman–Crippen MR) is 98.6 cm³/mol. The van der Waals surface area contributed by atoms with Gasteiger partial charge in [0.25, 0.3) is 0 Å². The summed E-state index contributed by atoms with van der Waals surface area (Å²) in [7, 11) is 1.66. The highest BCUT2D eigenvalue weighted by Gasteiger charge is 2.30. The summed E-state index contributed by atoms with van der Waals surface area (Å²) < 4.78 is 41.9. The predicted octanol–water partition coefficient (Wildman–Crippen LogP) is 4.00. The van der Waals surface area contributed by atoms with Gasteiger partial charge in [-0.3, -0.25) is 4.79 Å². The highest BCUT2D eigenvalue weighted by atomic mass is 35.5. The first kappa shape index (κ1) is 24.5. The molecule has 1 aromatic rings. The Labute approximate surface area is 159 Å². The van der Waals surface area contributed by atoms with Crippen LogP contribution >= 0.6 is 12.4 Å². The van der Waals surface area contributed by atoms with Gasteiger partial charge >= 0.3 is 6.18 Å². The summed E-state index contributed by atoms with van der Waals surface area (Å²) in [5, 5.41) is 0. The Morgan fingerprint density at radius 3 is 2.04 bits per heavy atom. The van der Waals surface area contributed by atoms with E-state index in [9.17, 15) is 18.0 Å². The fraction of sp³-hybridized carbons (Fsp3) is 0.611. The number of halogens is 4. The lowest BCUT2D eigenvalue weighted by atomic mass is 9.86. The van der Waals surface area contributed by atoms with Crippen LogP contribution in [0.5, 0.6) is 5.75 Å². The Bertz CT molecular complexity index is 605. The lowest BCUT2D eigenvalue weighted by molar-refractivity contribution is -0.153. The molecule has 2 N–H and O–H groups in total. The third kappa shape index (κ3) is 7.03. The van der Waals surface area contributed by atoms with E-state index < -0.39 is 18.8 Å². The SMILES string of the molecule is Cc1cc(CN(C)C(=O)[C@@H](N)C(C)(C)C)cc(C)c1OCC(F)(F)F.Cl. The molecule has 4 nitrogen and oxygen atoms in total.